The molecule has 2 aliphatic rings. The van der Waals surface area contributed by atoms with Gasteiger partial charge in [0.1, 0.15) is 5.82 Å². The number of nitrogens with zero attached hydrogens (tertiary/aromatic N) is 6. The summed E-state index contributed by atoms with van der Waals surface area (Å²) in [5.74, 6) is 1.44. The Bertz CT molecular complexity index is 841. The van der Waals surface area contributed by atoms with Crippen molar-refractivity contribution >= 4 is 35.9 Å². The summed E-state index contributed by atoms with van der Waals surface area (Å²) in [7, 11) is 1.82. The van der Waals surface area contributed by atoms with Crippen LogP contribution in [0.3, 0.4) is 0 Å². The van der Waals surface area contributed by atoms with Crippen molar-refractivity contribution in [1.29, 1.82) is 0 Å². The van der Waals surface area contributed by atoms with Gasteiger partial charge >= 0.3 is 0 Å². The molecule has 2 aliphatic heterocycles. The Morgan fingerprint density at radius 3 is 2.34 bits per heavy atom. The molecule has 10 heteroatoms. The van der Waals surface area contributed by atoms with Gasteiger partial charge in [-0.1, -0.05) is 12.1 Å². The average molecular weight is 555 g/mol. The number of morpholine rings is 1. The predicted molar refractivity (Wildman–Crippen MR) is 134 cm³/mol. The summed E-state index contributed by atoms with van der Waals surface area (Å²) < 4.78 is 19.0. The Balaban J connectivity index is 0.00000289. The van der Waals surface area contributed by atoms with E-state index in [4.69, 9.17) is 4.74 Å². The van der Waals surface area contributed by atoms with Crippen LogP contribution < -0.4 is 10.2 Å². The minimum atomic E-state index is -0.214. The predicted octanol–water partition coefficient (Wildman–Crippen LogP) is 2.00. The smallest absolute Gasteiger partial charge is 0.225 e. The molecule has 1 aromatic carbocycles. The number of aliphatic imine (C=N–C) groups is 1. The molecule has 174 valence electrons. The minimum Gasteiger partial charge on any atom is -0.379 e. The molecule has 32 heavy (non-hydrogen) atoms. The van der Waals surface area contributed by atoms with Crippen LogP contribution in [0.2, 0.25) is 0 Å². The highest BCUT2D eigenvalue weighted by Gasteiger charge is 2.25. The molecule has 2 saturated heterocycles. The molecule has 2 fully saturated rings. The molecule has 1 aromatic heterocycles. The number of halogens is 2. The van der Waals surface area contributed by atoms with E-state index in [1.54, 1.807) is 12.4 Å². The zero-order valence-electron chi connectivity index (χ0n) is 18.4. The van der Waals surface area contributed by atoms with Crippen LogP contribution in [-0.2, 0) is 4.74 Å². The molecule has 0 saturated carbocycles. The first kappa shape index (κ1) is 24.6. The third-order valence-electron chi connectivity index (χ3n) is 5.82. The maximum absolute atomic E-state index is 13.5. The van der Waals surface area contributed by atoms with Crippen molar-refractivity contribution in [3.8, 4) is 0 Å². The lowest BCUT2D eigenvalue weighted by atomic mass is 10.0. The van der Waals surface area contributed by atoms with Crippen molar-refractivity contribution in [3.05, 3.63) is 54.1 Å². The summed E-state index contributed by atoms with van der Waals surface area (Å²) in [4.78, 5) is 20.1. The highest BCUT2D eigenvalue weighted by Crippen LogP contribution is 2.22. The van der Waals surface area contributed by atoms with Gasteiger partial charge in [0.25, 0.3) is 0 Å². The lowest BCUT2D eigenvalue weighted by molar-refractivity contribution is 0.0168. The van der Waals surface area contributed by atoms with Crippen LogP contribution in [0.4, 0.5) is 10.3 Å². The number of benzene rings is 1. The minimum absolute atomic E-state index is 0. The number of ether oxygens (including phenoxy) is 1. The van der Waals surface area contributed by atoms with E-state index in [0.29, 0.717) is 6.54 Å². The zero-order chi connectivity index (χ0) is 21.5. The fourth-order valence-corrected chi connectivity index (χ4v) is 4.12. The van der Waals surface area contributed by atoms with Crippen molar-refractivity contribution in [2.45, 2.75) is 6.04 Å². The van der Waals surface area contributed by atoms with E-state index in [1.807, 2.05) is 25.2 Å². The molecule has 4 rings (SSSR count). The van der Waals surface area contributed by atoms with Gasteiger partial charge in [-0.3, -0.25) is 9.89 Å². The number of rotatable bonds is 5. The van der Waals surface area contributed by atoms with Gasteiger partial charge in [0.15, 0.2) is 5.96 Å². The number of aromatic nitrogens is 2. The van der Waals surface area contributed by atoms with E-state index in [9.17, 15) is 4.39 Å². The molecule has 2 aromatic rings. The topological polar surface area (TPSA) is 69.1 Å². The van der Waals surface area contributed by atoms with Gasteiger partial charge in [-0.2, -0.15) is 0 Å². The molecule has 0 amide bonds. The van der Waals surface area contributed by atoms with Crippen LogP contribution in [0, 0.1) is 5.82 Å². The number of hydrogen-bond acceptors (Lipinski definition) is 6. The summed E-state index contributed by atoms with van der Waals surface area (Å²) >= 11 is 0. The van der Waals surface area contributed by atoms with Crippen molar-refractivity contribution in [3.63, 3.8) is 0 Å². The molecule has 0 aliphatic carbocycles. The Hall–Kier alpha value is -2.05. The molecule has 0 radical (unpaired) electrons. The van der Waals surface area contributed by atoms with E-state index in [-0.39, 0.29) is 35.8 Å². The Kier molecular flexibility index (Phi) is 9.42. The molecule has 1 unspecified atom stereocenters. The van der Waals surface area contributed by atoms with E-state index >= 15 is 0 Å². The first-order chi connectivity index (χ1) is 15.2. The van der Waals surface area contributed by atoms with Crippen molar-refractivity contribution < 1.29 is 9.13 Å². The monoisotopic (exact) mass is 555 g/mol. The van der Waals surface area contributed by atoms with E-state index in [1.165, 1.54) is 12.1 Å². The fourth-order valence-electron chi connectivity index (χ4n) is 4.12. The summed E-state index contributed by atoms with van der Waals surface area (Å²) in [6.07, 6.45) is 3.55. The van der Waals surface area contributed by atoms with Gasteiger partial charge < -0.3 is 19.9 Å². The van der Waals surface area contributed by atoms with Crippen LogP contribution in [0.15, 0.2) is 47.7 Å². The summed E-state index contributed by atoms with van der Waals surface area (Å²) in [5, 5.41) is 3.55. The van der Waals surface area contributed by atoms with Crippen molar-refractivity contribution in [1.82, 2.24) is 25.1 Å². The normalized spacial score (nSPS) is 18.8. The Morgan fingerprint density at radius 2 is 1.72 bits per heavy atom. The highest BCUT2D eigenvalue weighted by molar-refractivity contribution is 14.0. The summed E-state index contributed by atoms with van der Waals surface area (Å²) in [5.41, 5.74) is 1.09. The average Bonchev–Trinajstić information content (AvgIpc) is 2.84. The third-order valence-corrected chi connectivity index (χ3v) is 5.82. The largest absolute Gasteiger partial charge is 0.379 e. The van der Waals surface area contributed by atoms with Crippen molar-refractivity contribution in [2.75, 3.05) is 71.0 Å². The molecular weight excluding hydrogens is 524 g/mol. The quantitative estimate of drug-likeness (QED) is 0.344. The number of guanidine groups is 1. The maximum Gasteiger partial charge on any atom is 0.225 e. The van der Waals surface area contributed by atoms with E-state index in [2.05, 4.69) is 35.0 Å². The second-order valence-corrected chi connectivity index (χ2v) is 7.67. The maximum atomic E-state index is 13.5. The third kappa shape index (κ3) is 6.26. The first-order valence-electron chi connectivity index (χ1n) is 10.8. The summed E-state index contributed by atoms with van der Waals surface area (Å²) in [6, 6.07) is 8.76. The van der Waals surface area contributed by atoms with Crippen LogP contribution >= 0.6 is 24.0 Å². The molecule has 0 spiro atoms. The highest BCUT2D eigenvalue weighted by atomic mass is 127. The van der Waals surface area contributed by atoms with Crippen LogP contribution in [0.1, 0.15) is 11.6 Å². The standard InChI is InChI=1S/C22H30FN7O.HI/c1-24-21(29-9-11-30(12-10-29)22-25-7-2-8-26-22)27-17-20(28-13-15-31-16-14-28)18-3-5-19(23)6-4-18;/h2-8,20H,9-17H2,1H3,(H,24,27);1H. The van der Waals surface area contributed by atoms with Gasteiger partial charge in [0, 0.05) is 65.3 Å². The fraction of sp³-hybridized carbons (Fsp3) is 0.500. The van der Waals surface area contributed by atoms with E-state index in [0.717, 1.165) is 70.0 Å². The lowest BCUT2D eigenvalue weighted by Crippen LogP contribution is -2.54. The van der Waals surface area contributed by atoms with E-state index < -0.39 is 0 Å². The molecule has 3 heterocycles. The number of nitrogens with one attached hydrogen (secondary N) is 1. The second kappa shape index (κ2) is 12.3. The SMILES string of the molecule is CN=C(NCC(c1ccc(F)cc1)N1CCOCC1)N1CCN(c2ncccn2)CC1.I. The van der Waals surface area contributed by atoms with Crippen LogP contribution in [0.5, 0.6) is 0 Å². The zero-order valence-corrected chi connectivity index (χ0v) is 20.7. The van der Waals surface area contributed by atoms with Crippen LogP contribution in [-0.4, -0.2) is 91.8 Å². The molecule has 8 nitrogen and oxygen atoms in total. The van der Waals surface area contributed by atoms with Gasteiger partial charge in [-0.05, 0) is 23.8 Å². The van der Waals surface area contributed by atoms with Gasteiger partial charge in [-0.25, -0.2) is 14.4 Å². The molecule has 1 atom stereocenters. The Morgan fingerprint density at radius 1 is 1.06 bits per heavy atom. The number of anilines is 1. The van der Waals surface area contributed by atoms with Gasteiger partial charge in [0.05, 0.1) is 19.3 Å². The Labute approximate surface area is 205 Å². The second-order valence-electron chi connectivity index (χ2n) is 7.67. The number of hydrogen-bond donors (Lipinski definition) is 1. The van der Waals surface area contributed by atoms with Gasteiger partial charge in [-0.15, -0.1) is 24.0 Å². The molecular formula is C22H31FIN7O. The van der Waals surface area contributed by atoms with Gasteiger partial charge in [0.2, 0.25) is 5.95 Å². The lowest BCUT2D eigenvalue weighted by Gasteiger charge is -2.38. The number of piperazine rings is 1. The molecule has 1 N–H and O–H groups in total. The van der Waals surface area contributed by atoms with Crippen LogP contribution in [0.25, 0.3) is 0 Å². The molecule has 0 bridgehead atoms. The summed E-state index contributed by atoms with van der Waals surface area (Å²) in [6.45, 7) is 7.22. The van der Waals surface area contributed by atoms with Crippen molar-refractivity contribution in [2.24, 2.45) is 4.99 Å². The first-order valence-corrected chi connectivity index (χ1v) is 10.8.